The van der Waals surface area contributed by atoms with E-state index in [1.165, 1.54) is 10.9 Å². The smallest absolute Gasteiger partial charge is 0.251 e. The summed E-state index contributed by atoms with van der Waals surface area (Å²) in [6.07, 6.45) is 2.82. The first-order valence-electron chi connectivity index (χ1n) is 6.65. The number of nitrogens with zero attached hydrogens (tertiary/aromatic N) is 3. The van der Waals surface area contributed by atoms with Crippen LogP contribution in [0.2, 0.25) is 0 Å². The molecule has 0 saturated carbocycles. The molecule has 1 atom stereocenters. The molecule has 2 aromatic heterocycles. The van der Waals surface area contributed by atoms with Crippen LogP contribution < -0.4 is 5.56 Å². The van der Waals surface area contributed by atoms with Gasteiger partial charge < -0.3 is 4.98 Å². The van der Waals surface area contributed by atoms with E-state index in [-0.39, 0.29) is 11.6 Å². The first kappa shape index (κ1) is 14.9. The van der Waals surface area contributed by atoms with Gasteiger partial charge in [0.25, 0.3) is 5.56 Å². The SMILES string of the molecule is Cc1cc(=O)[nH]c([C@H](C)N(C)CCc2ncc(C)s2)n1. The van der Waals surface area contributed by atoms with E-state index in [2.05, 4.69) is 26.8 Å². The van der Waals surface area contributed by atoms with Gasteiger partial charge in [0.05, 0.1) is 11.0 Å². The second-order valence-corrected chi connectivity index (χ2v) is 6.36. The molecule has 0 aliphatic heterocycles. The van der Waals surface area contributed by atoms with Gasteiger partial charge in [0.2, 0.25) is 0 Å². The largest absolute Gasteiger partial charge is 0.309 e. The maximum Gasteiger partial charge on any atom is 0.251 e. The summed E-state index contributed by atoms with van der Waals surface area (Å²) in [5.41, 5.74) is 0.655. The van der Waals surface area contributed by atoms with Gasteiger partial charge in [-0.25, -0.2) is 9.97 Å². The summed E-state index contributed by atoms with van der Waals surface area (Å²) in [5.74, 6) is 0.716. The Morgan fingerprint density at radius 2 is 2.20 bits per heavy atom. The normalized spacial score (nSPS) is 12.8. The molecule has 0 bridgehead atoms. The van der Waals surface area contributed by atoms with Crippen LogP contribution in [-0.4, -0.2) is 33.4 Å². The Labute approximate surface area is 122 Å². The third-order valence-electron chi connectivity index (χ3n) is 3.29. The molecule has 0 unspecified atom stereocenters. The average Bonchev–Trinajstić information content (AvgIpc) is 2.79. The summed E-state index contributed by atoms with van der Waals surface area (Å²) < 4.78 is 0. The maximum absolute atomic E-state index is 11.5. The molecule has 1 N–H and O–H groups in total. The molecule has 0 saturated heterocycles. The standard InChI is InChI=1S/C14H20N4OS/c1-9-7-12(19)17-14(16-9)11(3)18(4)6-5-13-15-8-10(2)20-13/h7-8,11H,5-6H2,1-4H3,(H,16,17,19)/t11-/m0/s1. The monoisotopic (exact) mass is 292 g/mol. The lowest BCUT2D eigenvalue weighted by Crippen LogP contribution is -2.28. The fourth-order valence-electron chi connectivity index (χ4n) is 1.99. The van der Waals surface area contributed by atoms with E-state index >= 15 is 0 Å². The lowest BCUT2D eigenvalue weighted by atomic mass is 10.2. The highest BCUT2D eigenvalue weighted by atomic mass is 32.1. The van der Waals surface area contributed by atoms with E-state index < -0.39 is 0 Å². The molecule has 0 aliphatic rings. The number of rotatable bonds is 5. The number of hydrogen-bond donors (Lipinski definition) is 1. The highest BCUT2D eigenvalue weighted by molar-refractivity contribution is 7.11. The quantitative estimate of drug-likeness (QED) is 0.916. The van der Waals surface area contributed by atoms with Gasteiger partial charge in [-0.3, -0.25) is 9.69 Å². The van der Waals surface area contributed by atoms with Crippen LogP contribution in [-0.2, 0) is 6.42 Å². The van der Waals surface area contributed by atoms with Crippen molar-refractivity contribution in [1.29, 1.82) is 0 Å². The van der Waals surface area contributed by atoms with E-state index in [9.17, 15) is 4.79 Å². The van der Waals surface area contributed by atoms with E-state index in [0.717, 1.165) is 23.7 Å². The van der Waals surface area contributed by atoms with Gasteiger partial charge in [0.1, 0.15) is 5.82 Å². The molecule has 5 nitrogen and oxygen atoms in total. The van der Waals surface area contributed by atoms with Crippen molar-refractivity contribution < 1.29 is 0 Å². The van der Waals surface area contributed by atoms with Crippen LogP contribution in [0.5, 0.6) is 0 Å². The van der Waals surface area contributed by atoms with Gasteiger partial charge in [-0.15, -0.1) is 11.3 Å². The summed E-state index contributed by atoms with van der Waals surface area (Å²) >= 11 is 1.73. The Bertz CT molecular complexity index is 634. The molecular weight excluding hydrogens is 272 g/mol. The number of aryl methyl sites for hydroxylation is 2. The van der Waals surface area contributed by atoms with Gasteiger partial charge in [0, 0.05) is 35.8 Å². The first-order chi connectivity index (χ1) is 9.45. The van der Waals surface area contributed by atoms with Gasteiger partial charge in [-0.1, -0.05) is 0 Å². The van der Waals surface area contributed by atoms with Crippen molar-refractivity contribution >= 4 is 11.3 Å². The number of likely N-dealkylation sites (N-methyl/N-ethyl adjacent to an activating group) is 1. The summed E-state index contributed by atoms with van der Waals surface area (Å²) in [5, 5.41) is 1.15. The molecule has 0 amide bonds. The van der Waals surface area contributed by atoms with Crippen molar-refractivity contribution in [3.8, 4) is 0 Å². The predicted molar refractivity (Wildman–Crippen MR) is 81.2 cm³/mol. The number of H-pyrrole nitrogens is 1. The Balaban J connectivity index is 2.00. The van der Waals surface area contributed by atoms with Crippen molar-refractivity contribution in [3.63, 3.8) is 0 Å². The molecular formula is C14H20N4OS. The highest BCUT2D eigenvalue weighted by Gasteiger charge is 2.15. The van der Waals surface area contributed by atoms with E-state index in [0.29, 0.717) is 5.82 Å². The van der Waals surface area contributed by atoms with Gasteiger partial charge in [-0.05, 0) is 27.8 Å². The van der Waals surface area contributed by atoms with Crippen molar-refractivity contribution in [2.24, 2.45) is 0 Å². The molecule has 6 heteroatoms. The lowest BCUT2D eigenvalue weighted by molar-refractivity contribution is 0.254. The zero-order valence-corrected chi connectivity index (χ0v) is 13.1. The van der Waals surface area contributed by atoms with Crippen molar-refractivity contribution in [1.82, 2.24) is 19.9 Å². The van der Waals surface area contributed by atoms with E-state index in [1.807, 2.05) is 27.1 Å². The average molecular weight is 292 g/mol. The molecule has 108 valence electrons. The van der Waals surface area contributed by atoms with Crippen LogP contribution in [0.3, 0.4) is 0 Å². The number of aromatic nitrogens is 3. The highest BCUT2D eigenvalue weighted by Crippen LogP contribution is 2.16. The van der Waals surface area contributed by atoms with Crippen LogP contribution in [0, 0.1) is 13.8 Å². The predicted octanol–water partition coefficient (Wildman–Crippen LogP) is 2.08. The van der Waals surface area contributed by atoms with Crippen molar-refractivity contribution in [3.05, 3.63) is 44.0 Å². The van der Waals surface area contributed by atoms with Crippen LogP contribution >= 0.6 is 11.3 Å². The molecule has 0 spiro atoms. The third kappa shape index (κ3) is 3.74. The number of nitrogens with one attached hydrogen (secondary N) is 1. The van der Waals surface area contributed by atoms with Crippen LogP contribution in [0.1, 0.15) is 34.4 Å². The van der Waals surface area contributed by atoms with Crippen LogP contribution in [0.15, 0.2) is 17.1 Å². The summed E-state index contributed by atoms with van der Waals surface area (Å²) in [6.45, 7) is 6.83. The topological polar surface area (TPSA) is 61.9 Å². The van der Waals surface area contributed by atoms with Crippen molar-refractivity contribution in [2.45, 2.75) is 33.2 Å². The second kappa shape index (κ2) is 6.28. The summed E-state index contributed by atoms with van der Waals surface area (Å²) in [6, 6.07) is 1.58. The van der Waals surface area contributed by atoms with E-state index in [1.54, 1.807) is 11.3 Å². The Hall–Kier alpha value is -1.53. The Morgan fingerprint density at radius 1 is 1.45 bits per heavy atom. The fourth-order valence-corrected chi connectivity index (χ4v) is 2.77. The number of hydrogen-bond acceptors (Lipinski definition) is 5. The number of aromatic amines is 1. The lowest BCUT2D eigenvalue weighted by Gasteiger charge is -2.23. The minimum absolute atomic E-state index is 0.0728. The summed E-state index contributed by atoms with van der Waals surface area (Å²) in [4.78, 5) is 26.5. The molecule has 2 heterocycles. The molecule has 20 heavy (non-hydrogen) atoms. The third-order valence-corrected chi connectivity index (χ3v) is 4.27. The van der Waals surface area contributed by atoms with Crippen LogP contribution in [0.25, 0.3) is 0 Å². The molecule has 2 rings (SSSR count). The zero-order valence-electron chi connectivity index (χ0n) is 12.3. The summed E-state index contributed by atoms with van der Waals surface area (Å²) in [7, 11) is 2.04. The van der Waals surface area contributed by atoms with Crippen LogP contribution in [0.4, 0.5) is 0 Å². The van der Waals surface area contributed by atoms with Crippen molar-refractivity contribution in [2.75, 3.05) is 13.6 Å². The molecule has 2 aromatic rings. The molecule has 0 aromatic carbocycles. The number of thiazole rings is 1. The fraction of sp³-hybridized carbons (Fsp3) is 0.500. The molecule has 0 aliphatic carbocycles. The minimum Gasteiger partial charge on any atom is -0.309 e. The molecule has 0 fully saturated rings. The van der Waals surface area contributed by atoms with E-state index in [4.69, 9.17) is 0 Å². The second-order valence-electron chi connectivity index (χ2n) is 5.04. The molecule has 0 radical (unpaired) electrons. The van der Waals surface area contributed by atoms with Gasteiger partial charge >= 0.3 is 0 Å². The Kier molecular flexibility index (Phi) is 4.67. The zero-order chi connectivity index (χ0) is 14.7. The first-order valence-corrected chi connectivity index (χ1v) is 7.47. The maximum atomic E-state index is 11.5. The minimum atomic E-state index is -0.0942. The Morgan fingerprint density at radius 3 is 2.80 bits per heavy atom. The van der Waals surface area contributed by atoms with Gasteiger partial charge in [0.15, 0.2) is 0 Å². The van der Waals surface area contributed by atoms with Gasteiger partial charge in [-0.2, -0.15) is 0 Å².